The summed E-state index contributed by atoms with van der Waals surface area (Å²) in [5, 5.41) is 2.77. The Kier molecular flexibility index (Phi) is 8.38. The molecule has 0 unspecified atom stereocenters. The molecule has 2 aliphatic heterocycles. The van der Waals surface area contributed by atoms with E-state index in [0.29, 0.717) is 48.2 Å². The SMILES string of the molecule is Cc1ccc(S(=O)(=O)N2C[C@@]3(CCCN(CC(=O)Nc4ccc(C)c(F)c4)C3)OC[C@@H]2CC(C)C)cc1. The first-order chi connectivity index (χ1) is 17.5. The van der Waals surface area contributed by atoms with Crippen molar-refractivity contribution in [3.05, 3.63) is 59.4 Å². The monoisotopic (exact) mass is 531 g/mol. The lowest BCUT2D eigenvalue weighted by molar-refractivity contribution is -0.146. The molecule has 2 aromatic carbocycles. The van der Waals surface area contributed by atoms with Gasteiger partial charge in [-0.25, -0.2) is 12.8 Å². The highest BCUT2D eigenvalue weighted by Crippen LogP contribution is 2.35. The predicted molar refractivity (Wildman–Crippen MR) is 142 cm³/mol. The van der Waals surface area contributed by atoms with Crippen LogP contribution in [0.2, 0.25) is 0 Å². The van der Waals surface area contributed by atoms with E-state index in [1.54, 1.807) is 35.5 Å². The lowest BCUT2D eigenvalue weighted by atomic mass is 9.89. The van der Waals surface area contributed by atoms with Gasteiger partial charge in [0.2, 0.25) is 15.9 Å². The number of ether oxygens (including phenoxy) is 1. The number of hydrogen-bond acceptors (Lipinski definition) is 5. The van der Waals surface area contributed by atoms with E-state index in [1.165, 1.54) is 6.07 Å². The Labute approximate surface area is 220 Å². The van der Waals surface area contributed by atoms with Crippen LogP contribution in [-0.4, -0.2) is 68.0 Å². The number of halogens is 1. The molecule has 0 aliphatic carbocycles. The van der Waals surface area contributed by atoms with E-state index < -0.39 is 15.6 Å². The number of benzene rings is 2. The third-order valence-electron chi connectivity index (χ3n) is 7.25. The number of carbonyl (C=O) groups excluding carboxylic acids is 1. The fourth-order valence-corrected chi connectivity index (χ4v) is 7.01. The van der Waals surface area contributed by atoms with E-state index in [9.17, 15) is 17.6 Å². The Bertz CT molecular complexity index is 1220. The van der Waals surface area contributed by atoms with Crippen LogP contribution in [0.3, 0.4) is 0 Å². The largest absolute Gasteiger partial charge is 0.371 e. The van der Waals surface area contributed by atoms with Gasteiger partial charge < -0.3 is 10.1 Å². The summed E-state index contributed by atoms with van der Waals surface area (Å²) in [6, 6.07) is 11.4. The first-order valence-corrected chi connectivity index (χ1v) is 14.4. The summed E-state index contributed by atoms with van der Waals surface area (Å²) in [4.78, 5) is 15.0. The standard InChI is InChI=1S/C28H38FN3O4S/c1-20(2)14-24-17-36-28(19-32(24)37(34,35)25-10-6-21(3)7-11-25)12-5-13-31(18-28)16-27(33)30-23-9-8-22(4)26(29)15-23/h6-11,15,20,24H,5,12-14,16-19H2,1-4H3,(H,30,33)/t24-,28-/m0/s1. The van der Waals surface area contributed by atoms with Crippen LogP contribution in [0.1, 0.15) is 44.2 Å². The maximum atomic E-state index is 13.9. The van der Waals surface area contributed by atoms with Gasteiger partial charge >= 0.3 is 0 Å². The third-order valence-corrected chi connectivity index (χ3v) is 9.16. The molecule has 0 radical (unpaired) electrons. The summed E-state index contributed by atoms with van der Waals surface area (Å²) in [5.41, 5.74) is 1.26. The van der Waals surface area contributed by atoms with Gasteiger partial charge in [0.25, 0.3) is 0 Å². The average Bonchev–Trinajstić information content (AvgIpc) is 2.83. The topological polar surface area (TPSA) is 79.0 Å². The molecule has 1 N–H and O–H groups in total. The lowest BCUT2D eigenvalue weighted by Crippen LogP contribution is -2.64. The highest BCUT2D eigenvalue weighted by Gasteiger charge is 2.47. The van der Waals surface area contributed by atoms with E-state index >= 15 is 0 Å². The summed E-state index contributed by atoms with van der Waals surface area (Å²) in [7, 11) is -3.72. The Morgan fingerprint density at radius 3 is 2.57 bits per heavy atom. The maximum absolute atomic E-state index is 13.9. The summed E-state index contributed by atoms with van der Waals surface area (Å²) in [6.45, 7) is 9.65. The van der Waals surface area contributed by atoms with E-state index in [2.05, 4.69) is 19.2 Å². The van der Waals surface area contributed by atoms with Gasteiger partial charge in [-0.15, -0.1) is 0 Å². The number of piperidine rings is 1. The number of nitrogens with zero attached hydrogens (tertiary/aromatic N) is 2. The van der Waals surface area contributed by atoms with Crippen LogP contribution in [-0.2, 0) is 19.6 Å². The van der Waals surface area contributed by atoms with Crippen LogP contribution < -0.4 is 5.32 Å². The van der Waals surface area contributed by atoms with Crippen molar-refractivity contribution < 1.29 is 22.3 Å². The molecule has 7 nitrogen and oxygen atoms in total. The molecule has 2 aromatic rings. The fraction of sp³-hybridized carbons (Fsp3) is 0.536. The number of anilines is 1. The van der Waals surface area contributed by atoms with Gasteiger partial charge in [-0.05, 0) is 75.4 Å². The van der Waals surface area contributed by atoms with Gasteiger partial charge in [-0.1, -0.05) is 37.6 Å². The molecule has 2 heterocycles. The van der Waals surface area contributed by atoms with E-state index in [1.807, 2.05) is 24.0 Å². The minimum absolute atomic E-state index is 0.126. The van der Waals surface area contributed by atoms with Crippen molar-refractivity contribution in [1.29, 1.82) is 0 Å². The number of aryl methyl sites for hydroxylation is 2. The van der Waals surface area contributed by atoms with Crippen LogP contribution in [0.25, 0.3) is 0 Å². The quantitative estimate of drug-likeness (QED) is 0.575. The zero-order valence-corrected chi connectivity index (χ0v) is 23.0. The summed E-state index contributed by atoms with van der Waals surface area (Å²) >= 11 is 0. The zero-order chi connectivity index (χ0) is 26.8. The molecule has 2 atom stereocenters. The van der Waals surface area contributed by atoms with Gasteiger partial charge in [-0.3, -0.25) is 9.69 Å². The molecule has 9 heteroatoms. The molecular formula is C28H38FN3O4S. The van der Waals surface area contributed by atoms with Crippen LogP contribution in [0.4, 0.5) is 10.1 Å². The molecule has 37 heavy (non-hydrogen) atoms. The smallest absolute Gasteiger partial charge is 0.243 e. The molecule has 0 saturated carbocycles. The highest BCUT2D eigenvalue weighted by atomic mass is 32.2. The van der Waals surface area contributed by atoms with Crippen molar-refractivity contribution in [2.75, 3.05) is 38.1 Å². The molecule has 4 rings (SSSR count). The van der Waals surface area contributed by atoms with Crippen LogP contribution in [0.5, 0.6) is 0 Å². The van der Waals surface area contributed by atoms with E-state index in [4.69, 9.17) is 4.74 Å². The van der Waals surface area contributed by atoms with Gasteiger partial charge in [0.15, 0.2) is 0 Å². The molecule has 0 aromatic heterocycles. The third kappa shape index (κ3) is 6.57. The number of nitrogens with one attached hydrogen (secondary N) is 1. The summed E-state index contributed by atoms with van der Waals surface area (Å²) in [5.74, 6) is -0.286. The van der Waals surface area contributed by atoms with Crippen molar-refractivity contribution in [1.82, 2.24) is 9.21 Å². The molecule has 0 bridgehead atoms. The van der Waals surface area contributed by atoms with Crippen LogP contribution in [0, 0.1) is 25.6 Å². The number of hydrogen-bond donors (Lipinski definition) is 1. The minimum Gasteiger partial charge on any atom is -0.371 e. The molecule has 2 saturated heterocycles. The van der Waals surface area contributed by atoms with Gasteiger partial charge in [0, 0.05) is 24.8 Å². The minimum atomic E-state index is -3.72. The van der Waals surface area contributed by atoms with Crippen LogP contribution >= 0.6 is 0 Å². The first kappa shape index (κ1) is 27.7. The van der Waals surface area contributed by atoms with Crippen molar-refractivity contribution in [3.8, 4) is 0 Å². The van der Waals surface area contributed by atoms with Crippen molar-refractivity contribution in [2.24, 2.45) is 5.92 Å². The second kappa shape index (κ2) is 11.2. The summed E-state index contributed by atoms with van der Waals surface area (Å²) in [6.07, 6.45) is 2.22. The van der Waals surface area contributed by atoms with Crippen LogP contribution in [0.15, 0.2) is 47.4 Å². The maximum Gasteiger partial charge on any atom is 0.243 e. The van der Waals surface area contributed by atoms with Gasteiger partial charge in [0.05, 0.1) is 23.6 Å². The Morgan fingerprint density at radius 2 is 1.89 bits per heavy atom. The molecule has 1 spiro atoms. The number of rotatable bonds is 7. The molecular weight excluding hydrogens is 493 g/mol. The van der Waals surface area contributed by atoms with E-state index in [0.717, 1.165) is 18.4 Å². The van der Waals surface area contributed by atoms with Gasteiger partial charge in [0.1, 0.15) is 5.82 Å². The molecule has 2 aliphatic rings. The number of likely N-dealkylation sites (tertiary alicyclic amines) is 1. The fourth-order valence-electron chi connectivity index (χ4n) is 5.32. The number of morpholine rings is 1. The molecule has 1 amide bonds. The highest BCUT2D eigenvalue weighted by molar-refractivity contribution is 7.89. The molecule has 202 valence electrons. The van der Waals surface area contributed by atoms with Gasteiger partial charge in [-0.2, -0.15) is 4.31 Å². The number of carbonyl (C=O) groups is 1. The number of amides is 1. The Morgan fingerprint density at radius 1 is 1.16 bits per heavy atom. The molecule has 2 fully saturated rings. The Hall–Kier alpha value is -2.33. The average molecular weight is 532 g/mol. The van der Waals surface area contributed by atoms with Crippen molar-refractivity contribution >= 4 is 21.6 Å². The predicted octanol–water partition coefficient (Wildman–Crippen LogP) is 4.35. The van der Waals surface area contributed by atoms with Crippen molar-refractivity contribution in [3.63, 3.8) is 0 Å². The van der Waals surface area contributed by atoms with Crippen molar-refractivity contribution in [2.45, 2.75) is 63.5 Å². The number of sulfonamides is 1. The normalized spacial score (nSPS) is 23.5. The second-order valence-electron chi connectivity index (χ2n) is 11.0. The Balaban J connectivity index is 1.49. The summed E-state index contributed by atoms with van der Waals surface area (Å²) < 4.78 is 49.5. The second-order valence-corrected chi connectivity index (χ2v) is 12.9. The lowest BCUT2D eigenvalue weighted by Gasteiger charge is -2.50. The zero-order valence-electron chi connectivity index (χ0n) is 22.2. The van der Waals surface area contributed by atoms with E-state index in [-0.39, 0.29) is 30.9 Å². The first-order valence-electron chi connectivity index (χ1n) is 13.0.